The van der Waals surface area contributed by atoms with Crippen molar-refractivity contribution in [3.05, 3.63) is 35.9 Å². The van der Waals surface area contributed by atoms with Crippen molar-refractivity contribution in [2.45, 2.75) is 19.5 Å². The van der Waals surface area contributed by atoms with E-state index in [1.54, 1.807) is 13.3 Å². The normalized spacial score (nSPS) is 14.3. The third-order valence-electron chi connectivity index (χ3n) is 3.26. The number of fused-ring (bicyclic) bond motifs is 1. The number of hydrogen-bond acceptors (Lipinski definition) is 5. The summed E-state index contributed by atoms with van der Waals surface area (Å²) in [7, 11) is 1.62. The molecule has 0 aliphatic carbocycles. The third kappa shape index (κ3) is 2.42. The summed E-state index contributed by atoms with van der Waals surface area (Å²) in [5, 5.41) is 3.40. The lowest BCUT2D eigenvalue weighted by molar-refractivity contribution is 0.171. The Balaban J connectivity index is 1.72. The van der Waals surface area contributed by atoms with Gasteiger partial charge in [0.1, 0.15) is 5.82 Å². The zero-order chi connectivity index (χ0) is 13.9. The van der Waals surface area contributed by atoms with E-state index in [0.29, 0.717) is 18.0 Å². The van der Waals surface area contributed by atoms with Crippen molar-refractivity contribution in [3.8, 4) is 17.2 Å². The number of hydrogen-bond donors (Lipinski definition) is 2. The van der Waals surface area contributed by atoms with Crippen molar-refractivity contribution in [3.63, 3.8) is 0 Å². The highest BCUT2D eigenvalue weighted by molar-refractivity contribution is 5.55. The van der Waals surface area contributed by atoms with E-state index in [1.807, 2.05) is 18.3 Å². The van der Waals surface area contributed by atoms with E-state index in [1.165, 1.54) is 0 Å². The number of rotatable bonds is 5. The minimum Gasteiger partial charge on any atom is -0.493 e. The molecule has 1 atom stereocenters. The fraction of sp³-hybridized carbons (Fsp3) is 0.357. The van der Waals surface area contributed by atoms with E-state index in [-0.39, 0.29) is 12.8 Å². The van der Waals surface area contributed by atoms with Crippen molar-refractivity contribution >= 4 is 0 Å². The highest BCUT2D eigenvalue weighted by Gasteiger charge is 2.20. The van der Waals surface area contributed by atoms with Gasteiger partial charge in [0.15, 0.2) is 11.5 Å². The van der Waals surface area contributed by atoms with Gasteiger partial charge in [0.2, 0.25) is 12.5 Å². The number of H-pyrrole nitrogens is 1. The van der Waals surface area contributed by atoms with E-state index in [9.17, 15) is 0 Å². The van der Waals surface area contributed by atoms with Gasteiger partial charge in [-0.2, -0.15) is 0 Å². The summed E-state index contributed by atoms with van der Waals surface area (Å²) in [6.45, 7) is 2.99. The van der Waals surface area contributed by atoms with Gasteiger partial charge in [-0.1, -0.05) is 0 Å². The highest BCUT2D eigenvalue weighted by Crippen LogP contribution is 2.41. The molecule has 20 heavy (non-hydrogen) atoms. The van der Waals surface area contributed by atoms with Gasteiger partial charge in [-0.3, -0.25) is 0 Å². The average molecular weight is 275 g/mol. The molecule has 6 nitrogen and oxygen atoms in total. The van der Waals surface area contributed by atoms with Gasteiger partial charge in [-0.15, -0.1) is 0 Å². The Kier molecular flexibility index (Phi) is 3.47. The standard InChI is InChI=1S/C14H17N3O3/c1-9(14-15-3-4-16-14)17-7-10-5-11(18-2)13-12(6-10)19-8-20-13/h3-6,9,17H,7-8H2,1-2H3,(H,15,16). The predicted molar refractivity (Wildman–Crippen MR) is 73.0 cm³/mol. The first-order valence-electron chi connectivity index (χ1n) is 6.47. The molecule has 1 aliphatic heterocycles. The van der Waals surface area contributed by atoms with Gasteiger partial charge in [0, 0.05) is 18.9 Å². The molecule has 1 aromatic heterocycles. The van der Waals surface area contributed by atoms with E-state index < -0.39 is 0 Å². The molecule has 2 heterocycles. The van der Waals surface area contributed by atoms with Gasteiger partial charge in [0.25, 0.3) is 0 Å². The van der Waals surface area contributed by atoms with Crippen LogP contribution in [0.15, 0.2) is 24.5 Å². The molecule has 106 valence electrons. The maximum Gasteiger partial charge on any atom is 0.231 e. The molecule has 1 aromatic carbocycles. The van der Waals surface area contributed by atoms with Crippen LogP contribution >= 0.6 is 0 Å². The van der Waals surface area contributed by atoms with Gasteiger partial charge >= 0.3 is 0 Å². The fourth-order valence-electron chi connectivity index (χ4n) is 2.17. The van der Waals surface area contributed by atoms with Crippen molar-refractivity contribution in [2.24, 2.45) is 0 Å². The van der Waals surface area contributed by atoms with Crippen molar-refractivity contribution < 1.29 is 14.2 Å². The van der Waals surface area contributed by atoms with Gasteiger partial charge < -0.3 is 24.5 Å². The molecule has 0 radical (unpaired) electrons. The summed E-state index contributed by atoms with van der Waals surface area (Å²) in [4.78, 5) is 7.33. The first-order chi connectivity index (χ1) is 9.78. The van der Waals surface area contributed by atoms with Crippen molar-refractivity contribution in [1.29, 1.82) is 0 Å². The minimum absolute atomic E-state index is 0.140. The number of nitrogens with one attached hydrogen (secondary N) is 2. The lowest BCUT2D eigenvalue weighted by atomic mass is 10.1. The van der Waals surface area contributed by atoms with Crippen LogP contribution in [0.3, 0.4) is 0 Å². The summed E-state index contributed by atoms with van der Waals surface area (Å²) < 4.78 is 16.1. The van der Waals surface area contributed by atoms with Gasteiger partial charge in [0.05, 0.1) is 13.2 Å². The summed E-state index contributed by atoms with van der Waals surface area (Å²) in [5.74, 6) is 3.02. The molecular formula is C14H17N3O3. The second-order valence-electron chi connectivity index (χ2n) is 4.61. The Labute approximate surface area is 117 Å². The SMILES string of the molecule is COc1cc(CNC(C)c2ncc[nH]2)cc2c1OCO2. The predicted octanol–water partition coefficient (Wildman–Crippen LogP) is 2.00. The Hall–Kier alpha value is -2.21. The van der Waals surface area contributed by atoms with Crippen molar-refractivity contribution in [1.82, 2.24) is 15.3 Å². The molecule has 0 fully saturated rings. The molecular weight excluding hydrogens is 258 g/mol. The first-order valence-corrected chi connectivity index (χ1v) is 6.47. The molecule has 0 bridgehead atoms. The topological polar surface area (TPSA) is 68.4 Å². The molecule has 2 N–H and O–H groups in total. The number of aromatic nitrogens is 2. The first kappa shape index (κ1) is 12.8. The van der Waals surface area contributed by atoms with Crippen LogP contribution in [0, 0.1) is 0 Å². The molecule has 2 aromatic rings. The second-order valence-corrected chi connectivity index (χ2v) is 4.61. The molecule has 1 aliphatic rings. The maximum atomic E-state index is 5.41. The van der Waals surface area contributed by atoms with Crippen LogP contribution in [0.5, 0.6) is 17.2 Å². The quantitative estimate of drug-likeness (QED) is 0.873. The smallest absolute Gasteiger partial charge is 0.231 e. The summed E-state index contributed by atoms with van der Waals surface area (Å²) in [6.07, 6.45) is 3.56. The largest absolute Gasteiger partial charge is 0.493 e. The Morgan fingerprint density at radius 3 is 3.10 bits per heavy atom. The van der Waals surface area contributed by atoms with E-state index in [2.05, 4.69) is 22.2 Å². The minimum atomic E-state index is 0.140. The number of nitrogens with zero attached hydrogens (tertiary/aromatic N) is 1. The lowest BCUT2D eigenvalue weighted by Crippen LogP contribution is -2.19. The fourth-order valence-corrected chi connectivity index (χ4v) is 2.17. The second kappa shape index (κ2) is 5.42. The third-order valence-corrected chi connectivity index (χ3v) is 3.26. The molecule has 6 heteroatoms. The lowest BCUT2D eigenvalue weighted by Gasteiger charge is -2.13. The van der Waals surface area contributed by atoms with E-state index in [4.69, 9.17) is 14.2 Å². The van der Waals surface area contributed by atoms with Gasteiger partial charge in [-0.05, 0) is 24.6 Å². The molecule has 0 saturated heterocycles. The average Bonchev–Trinajstić information content (AvgIpc) is 3.14. The Morgan fingerprint density at radius 1 is 1.45 bits per heavy atom. The molecule has 0 spiro atoms. The van der Waals surface area contributed by atoms with Crippen LogP contribution in [0.1, 0.15) is 24.4 Å². The van der Waals surface area contributed by atoms with Crippen molar-refractivity contribution in [2.75, 3.05) is 13.9 Å². The monoisotopic (exact) mass is 275 g/mol. The van der Waals surface area contributed by atoms with E-state index >= 15 is 0 Å². The van der Waals surface area contributed by atoms with E-state index in [0.717, 1.165) is 17.1 Å². The van der Waals surface area contributed by atoms with Crippen LogP contribution in [0.4, 0.5) is 0 Å². The summed E-state index contributed by atoms with van der Waals surface area (Å²) in [6, 6.07) is 4.06. The molecule has 1 unspecified atom stereocenters. The van der Waals surface area contributed by atoms with Gasteiger partial charge in [-0.25, -0.2) is 4.98 Å². The van der Waals surface area contributed by atoms with Crippen LogP contribution in [-0.2, 0) is 6.54 Å². The van der Waals surface area contributed by atoms with Crippen LogP contribution in [-0.4, -0.2) is 23.9 Å². The number of benzene rings is 1. The molecule has 0 amide bonds. The number of methoxy groups -OCH3 is 1. The molecule has 3 rings (SSSR count). The van der Waals surface area contributed by atoms with Crippen LogP contribution < -0.4 is 19.5 Å². The highest BCUT2D eigenvalue weighted by atomic mass is 16.7. The Bertz CT molecular complexity index is 584. The maximum absolute atomic E-state index is 5.41. The summed E-state index contributed by atoms with van der Waals surface area (Å²) >= 11 is 0. The Morgan fingerprint density at radius 2 is 2.35 bits per heavy atom. The molecule has 0 saturated carbocycles. The number of ether oxygens (including phenoxy) is 3. The summed E-state index contributed by atoms with van der Waals surface area (Å²) in [5.41, 5.74) is 1.07. The number of aromatic amines is 1. The van der Waals surface area contributed by atoms with Crippen LogP contribution in [0.25, 0.3) is 0 Å². The van der Waals surface area contributed by atoms with Crippen LogP contribution in [0.2, 0.25) is 0 Å². The zero-order valence-electron chi connectivity index (χ0n) is 11.5. The zero-order valence-corrected chi connectivity index (χ0v) is 11.5. The number of imidazole rings is 1.